The molecule has 0 aliphatic rings. The zero-order valence-corrected chi connectivity index (χ0v) is 12.3. The van der Waals surface area contributed by atoms with Crippen LogP contribution in [0, 0.1) is 0 Å². The van der Waals surface area contributed by atoms with Gasteiger partial charge in [-0.3, -0.25) is 0 Å². The SMILES string of the molecule is CC(C)(C)c1cc2ncsc2nc1C(C)(C)C. The molecule has 2 rings (SSSR count). The van der Waals surface area contributed by atoms with Gasteiger partial charge in [-0.1, -0.05) is 41.5 Å². The smallest absolute Gasteiger partial charge is 0.143 e. The molecule has 0 aliphatic carbocycles. The van der Waals surface area contributed by atoms with Crippen LogP contribution >= 0.6 is 11.3 Å². The molecule has 2 nitrogen and oxygen atoms in total. The van der Waals surface area contributed by atoms with Gasteiger partial charge in [0.25, 0.3) is 0 Å². The largest absolute Gasteiger partial charge is 0.243 e. The molecule has 0 spiro atoms. The van der Waals surface area contributed by atoms with Gasteiger partial charge in [-0.25, -0.2) is 9.97 Å². The van der Waals surface area contributed by atoms with Crippen LogP contribution in [0.25, 0.3) is 10.3 Å². The lowest BCUT2D eigenvalue weighted by atomic mass is 9.78. The predicted molar refractivity (Wildman–Crippen MR) is 74.8 cm³/mol. The molecule has 0 atom stereocenters. The number of thiazole rings is 1. The lowest BCUT2D eigenvalue weighted by Gasteiger charge is -2.28. The standard InChI is InChI=1S/C14H20N2S/c1-13(2,3)9-7-10-12(17-8-15-10)16-11(9)14(4,5)6/h7-8H,1-6H3. The minimum Gasteiger partial charge on any atom is -0.243 e. The summed E-state index contributed by atoms with van der Waals surface area (Å²) in [5, 5.41) is 0. The van der Waals surface area contributed by atoms with Gasteiger partial charge < -0.3 is 0 Å². The van der Waals surface area contributed by atoms with Crippen LogP contribution < -0.4 is 0 Å². The predicted octanol–water partition coefficient (Wildman–Crippen LogP) is 4.29. The maximum atomic E-state index is 4.83. The van der Waals surface area contributed by atoms with Gasteiger partial charge in [0.1, 0.15) is 10.3 Å². The fourth-order valence-corrected chi connectivity index (χ4v) is 2.58. The van der Waals surface area contributed by atoms with E-state index in [0.29, 0.717) is 0 Å². The summed E-state index contributed by atoms with van der Waals surface area (Å²) in [6.45, 7) is 13.4. The summed E-state index contributed by atoms with van der Waals surface area (Å²) in [5.41, 5.74) is 5.57. The minimum atomic E-state index is 0.0702. The van der Waals surface area contributed by atoms with E-state index in [-0.39, 0.29) is 10.8 Å². The zero-order chi connectivity index (χ0) is 12.8. The van der Waals surface area contributed by atoms with Crippen molar-refractivity contribution in [2.24, 2.45) is 0 Å². The average Bonchev–Trinajstić information content (AvgIpc) is 2.59. The van der Waals surface area contributed by atoms with Gasteiger partial charge in [0.15, 0.2) is 0 Å². The molecule has 2 aromatic rings. The van der Waals surface area contributed by atoms with E-state index in [1.807, 2.05) is 5.51 Å². The summed E-state index contributed by atoms with van der Waals surface area (Å²) in [5.74, 6) is 0. The average molecular weight is 248 g/mol. The molecule has 0 bridgehead atoms. The first kappa shape index (κ1) is 12.5. The van der Waals surface area contributed by atoms with Crippen LogP contribution in [0.2, 0.25) is 0 Å². The van der Waals surface area contributed by atoms with E-state index < -0.39 is 0 Å². The first-order valence-corrected chi connectivity index (χ1v) is 6.83. The van der Waals surface area contributed by atoms with E-state index >= 15 is 0 Å². The minimum absolute atomic E-state index is 0.0702. The van der Waals surface area contributed by atoms with Crippen molar-refractivity contribution in [1.82, 2.24) is 9.97 Å². The fourth-order valence-electron chi connectivity index (χ4n) is 1.94. The Balaban J connectivity index is 2.78. The molecule has 3 heteroatoms. The summed E-state index contributed by atoms with van der Waals surface area (Å²) in [4.78, 5) is 10.2. The Morgan fingerprint density at radius 2 is 1.65 bits per heavy atom. The molecule has 0 radical (unpaired) electrons. The Morgan fingerprint density at radius 1 is 1.00 bits per heavy atom. The van der Waals surface area contributed by atoms with Crippen molar-refractivity contribution in [3.63, 3.8) is 0 Å². The Bertz CT molecular complexity index is 493. The molecular weight excluding hydrogens is 228 g/mol. The van der Waals surface area contributed by atoms with Crippen molar-refractivity contribution in [3.05, 3.63) is 22.8 Å². The van der Waals surface area contributed by atoms with E-state index in [9.17, 15) is 0 Å². The number of rotatable bonds is 0. The summed E-state index contributed by atoms with van der Waals surface area (Å²) >= 11 is 1.61. The van der Waals surface area contributed by atoms with E-state index in [1.165, 1.54) is 11.3 Å². The van der Waals surface area contributed by atoms with Gasteiger partial charge in [0, 0.05) is 5.41 Å². The van der Waals surface area contributed by atoms with E-state index in [1.54, 1.807) is 11.3 Å². The Hall–Kier alpha value is -0.960. The molecule has 0 aromatic carbocycles. The number of hydrogen-bond donors (Lipinski definition) is 0. The maximum absolute atomic E-state index is 4.83. The van der Waals surface area contributed by atoms with E-state index in [2.05, 4.69) is 52.6 Å². The highest BCUT2D eigenvalue weighted by molar-refractivity contribution is 7.16. The number of hydrogen-bond acceptors (Lipinski definition) is 3. The van der Waals surface area contributed by atoms with Crippen LogP contribution in [0.15, 0.2) is 11.6 Å². The van der Waals surface area contributed by atoms with Crippen LogP contribution in [-0.2, 0) is 10.8 Å². The van der Waals surface area contributed by atoms with Crippen LogP contribution in [0.4, 0.5) is 0 Å². The second kappa shape index (κ2) is 3.77. The third kappa shape index (κ3) is 2.34. The molecule has 92 valence electrons. The fraction of sp³-hybridized carbons (Fsp3) is 0.571. The molecule has 17 heavy (non-hydrogen) atoms. The van der Waals surface area contributed by atoms with Crippen molar-refractivity contribution >= 4 is 21.7 Å². The van der Waals surface area contributed by atoms with Gasteiger partial charge in [0.05, 0.1) is 11.2 Å². The second-order valence-electron chi connectivity index (χ2n) is 6.56. The second-order valence-corrected chi connectivity index (χ2v) is 7.39. The summed E-state index contributed by atoms with van der Waals surface area (Å²) < 4.78 is 0. The monoisotopic (exact) mass is 248 g/mol. The molecule has 2 aromatic heterocycles. The lowest BCUT2D eigenvalue weighted by molar-refractivity contribution is 0.517. The summed E-state index contributed by atoms with van der Waals surface area (Å²) in [6, 6.07) is 2.21. The first-order valence-electron chi connectivity index (χ1n) is 5.95. The molecular formula is C14H20N2S. The summed E-state index contributed by atoms with van der Waals surface area (Å²) in [7, 11) is 0. The Morgan fingerprint density at radius 3 is 2.18 bits per heavy atom. The third-order valence-corrected chi connectivity index (χ3v) is 3.58. The molecule has 0 saturated heterocycles. The van der Waals surface area contributed by atoms with Crippen LogP contribution in [0.1, 0.15) is 52.8 Å². The third-order valence-electron chi connectivity index (χ3n) is 2.84. The van der Waals surface area contributed by atoms with Crippen molar-refractivity contribution < 1.29 is 0 Å². The normalized spacial score (nSPS) is 13.3. The number of fused-ring (bicyclic) bond motifs is 1. The highest BCUT2D eigenvalue weighted by Crippen LogP contribution is 2.34. The van der Waals surface area contributed by atoms with Gasteiger partial charge in [0.2, 0.25) is 0 Å². The highest BCUT2D eigenvalue weighted by Gasteiger charge is 2.27. The van der Waals surface area contributed by atoms with Gasteiger partial charge >= 0.3 is 0 Å². The summed E-state index contributed by atoms with van der Waals surface area (Å²) in [6.07, 6.45) is 0. The number of pyridine rings is 1. The molecule has 0 unspecified atom stereocenters. The lowest BCUT2D eigenvalue weighted by Crippen LogP contribution is -2.23. The van der Waals surface area contributed by atoms with E-state index in [0.717, 1.165) is 10.3 Å². The van der Waals surface area contributed by atoms with Crippen LogP contribution in [0.3, 0.4) is 0 Å². The van der Waals surface area contributed by atoms with Crippen LogP contribution in [0.5, 0.6) is 0 Å². The van der Waals surface area contributed by atoms with Crippen molar-refractivity contribution in [2.75, 3.05) is 0 Å². The van der Waals surface area contributed by atoms with Gasteiger partial charge in [-0.2, -0.15) is 0 Å². The molecule has 0 saturated carbocycles. The van der Waals surface area contributed by atoms with Gasteiger partial charge in [-0.15, -0.1) is 11.3 Å². The number of nitrogens with zero attached hydrogens (tertiary/aromatic N) is 2. The van der Waals surface area contributed by atoms with E-state index in [4.69, 9.17) is 4.98 Å². The highest BCUT2D eigenvalue weighted by atomic mass is 32.1. The zero-order valence-electron chi connectivity index (χ0n) is 11.5. The van der Waals surface area contributed by atoms with Crippen molar-refractivity contribution in [1.29, 1.82) is 0 Å². The Labute approximate surface area is 107 Å². The van der Waals surface area contributed by atoms with Crippen molar-refractivity contribution in [3.8, 4) is 0 Å². The molecule has 0 N–H and O–H groups in total. The molecule has 0 fully saturated rings. The van der Waals surface area contributed by atoms with Crippen molar-refractivity contribution in [2.45, 2.75) is 52.4 Å². The number of aromatic nitrogens is 2. The Kier molecular flexibility index (Phi) is 2.77. The van der Waals surface area contributed by atoms with Crippen LogP contribution in [-0.4, -0.2) is 9.97 Å². The molecule has 2 heterocycles. The topological polar surface area (TPSA) is 25.8 Å². The molecule has 0 aliphatic heterocycles. The van der Waals surface area contributed by atoms with Gasteiger partial charge in [-0.05, 0) is 17.0 Å². The molecule has 0 amide bonds. The first-order chi connectivity index (χ1) is 7.69. The quantitative estimate of drug-likeness (QED) is 0.695. The maximum Gasteiger partial charge on any atom is 0.143 e.